The molecular formula is C19H18N4O2. The van der Waals surface area contributed by atoms with E-state index in [0.717, 1.165) is 22.2 Å². The molecule has 3 amide bonds. The van der Waals surface area contributed by atoms with Gasteiger partial charge in [-0.3, -0.25) is 14.7 Å². The highest BCUT2D eigenvalue weighted by Gasteiger charge is 2.32. The van der Waals surface area contributed by atoms with Crippen LogP contribution in [0.4, 0.5) is 4.79 Å². The lowest BCUT2D eigenvalue weighted by Crippen LogP contribution is -2.51. The summed E-state index contributed by atoms with van der Waals surface area (Å²) in [6.45, 7) is 1.16. The Hall–Kier alpha value is -3.15. The average Bonchev–Trinajstić information content (AvgIpc) is 3.04. The van der Waals surface area contributed by atoms with E-state index in [1.807, 2.05) is 42.5 Å². The summed E-state index contributed by atoms with van der Waals surface area (Å²) >= 11 is 0. The maximum Gasteiger partial charge on any atom is 0.327 e. The molecule has 4 rings (SSSR count). The van der Waals surface area contributed by atoms with Crippen molar-refractivity contribution in [3.05, 3.63) is 66.1 Å². The van der Waals surface area contributed by atoms with Gasteiger partial charge in [-0.05, 0) is 29.1 Å². The molecule has 3 heterocycles. The van der Waals surface area contributed by atoms with Crippen molar-refractivity contribution in [3.8, 4) is 0 Å². The molecule has 0 spiro atoms. The lowest BCUT2D eigenvalue weighted by molar-refractivity contribution is -0.131. The second-order valence-electron chi connectivity index (χ2n) is 6.18. The van der Waals surface area contributed by atoms with E-state index >= 15 is 0 Å². The Bertz CT molecular complexity index is 886. The monoisotopic (exact) mass is 334 g/mol. The number of benzene rings is 1. The molecule has 0 aliphatic carbocycles. The van der Waals surface area contributed by atoms with Crippen LogP contribution in [0.1, 0.15) is 17.7 Å². The first-order valence-corrected chi connectivity index (χ1v) is 8.25. The molecule has 1 fully saturated rings. The fraction of sp³-hybridized carbons (Fsp3) is 0.211. The quantitative estimate of drug-likeness (QED) is 0.797. The number of nitrogens with zero attached hydrogens (tertiary/aromatic N) is 3. The van der Waals surface area contributed by atoms with Gasteiger partial charge in [0.2, 0.25) is 5.91 Å². The van der Waals surface area contributed by atoms with Gasteiger partial charge in [0.15, 0.2) is 0 Å². The van der Waals surface area contributed by atoms with Gasteiger partial charge in [0, 0.05) is 43.1 Å². The number of H-pyrrole nitrogens is 1. The van der Waals surface area contributed by atoms with Crippen molar-refractivity contribution in [1.82, 2.24) is 19.8 Å². The Morgan fingerprint density at radius 3 is 2.76 bits per heavy atom. The van der Waals surface area contributed by atoms with Crippen LogP contribution in [0.15, 0.2) is 54.9 Å². The predicted octanol–water partition coefficient (Wildman–Crippen LogP) is 2.92. The summed E-state index contributed by atoms with van der Waals surface area (Å²) in [4.78, 5) is 35.4. The highest BCUT2D eigenvalue weighted by atomic mass is 16.2. The zero-order valence-corrected chi connectivity index (χ0v) is 13.7. The van der Waals surface area contributed by atoms with Crippen LogP contribution in [0.25, 0.3) is 10.9 Å². The van der Waals surface area contributed by atoms with E-state index in [1.54, 1.807) is 17.3 Å². The van der Waals surface area contributed by atoms with Gasteiger partial charge >= 0.3 is 6.03 Å². The number of fused-ring (bicyclic) bond motifs is 1. The predicted molar refractivity (Wildman–Crippen MR) is 93.5 cm³/mol. The second-order valence-corrected chi connectivity index (χ2v) is 6.18. The van der Waals surface area contributed by atoms with Gasteiger partial charge in [0.05, 0.1) is 6.54 Å². The SMILES string of the molecule is O=C1CCN(Cc2cccnc2)C(=O)N1Cc1cc2ccccc2[nH]1. The highest BCUT2D eigenvalue weighted by Crippen LogP contribution is 2.20. The fourth-order valence-electron chi connectivity index (χ4n) is 3.14. The average molecular weight is 334 g/mol. The van der Waals surface area contributed by atoms with E-state index < -0.39 is 0 Å². The number of amides is 3. The molecule has 2 aromatic heterocycles. The zero-order chi connectivity index (χ0) is 17.2. The molecule has 0 bridgehead atoms. The summed E-state index contributed by atoms with van der Waals surface area (Å²) in [5.74, 6) is -0.133. The van der Waals surface area contributed by atoms with E-state index in [2.05, 4.69) is 9.97 Å². The summed E-state index contributed by atoms with van der Waals surface area (Å²) in [6, 6.07) is 13.4. The van der Waals surface area contributed by atoms with Crippen LogP contribution >= 0.6 is 0 Å². The largest absolute Gasteiger partial charge is 0.357 e. The first-order chi connectivity index (χ1) is 12.2. The minimum Gasteiger partial charge on any atom is -0.357 e. The molecule has 3 aromatic rings. The number of aromatic amines is 1. The van der Waals surface area contributed by atoms with Gasteiger partial charge in [-0.25, -0.2) is 4.79 Å². The van der Waals surface area contributed by atoms with Crippen LogP contribution in [-0.2, 0) is 17.9 Å². The molecule has 0 unspecified atom stereocenters. The van der Waals surface area contributed by atoms with E-state index in [4.69, 9.17) is 0 Å². The minimum absolute atomic E-state index is 0.133. The third-order valence-corrected chi connectivity index (χ3v) is 4.41. The molecule has 1 saturated heterocycles. The highest BCUT2D eigenvalue weighted by molar-refractivity contribution is 5.96. The second kappa shape index (κ2) is 6.39. The Morgan fingerprint density at radius 1 is 1.08 bits per heavy atom. The number of para-hydroxylation sites is 1. The van der Waals surface area contributed by atoms with Crippen LogP contribution < -0.4 is 0 Å². The number of pyridine rings is 1. The smallest absolute Gasteiger partial charge is 0.327 e. The first-order valence-electron chi connectivity index (χ1n) is 8.25. The van der Waals surface area contributed by atoms with Crippen molar-refractivity contribution in [2.24, 2.45) is 0 Å². The summed E-state index contributed by atoms with van der Waals surface area (Å²) in [6.07, 6.45) is 3.78. The maximum atomic E-state index is 12.8. The standard InChI is InChI=1S/C19H18N4O2/c24-18-7-9-22(12-14-4-3-8-20-11-14)19(25)23(18)13-16-10-15-5-1-2-6-17(15)21-16/h1-6,8,10-11,21H,7,9,12-13H2. The molecular weight excluding hydrogens is 316 g/mol. The first kappa shape index (κ1) is 15.4. The summed E-state index contributed by atoms with van der Waals surface area (Å²) in [5.41, 5.74) is 2.81. The van der Waals surface area contributed by atoms with Crippen molar-refractivity contribution in [2.75, 3.05) is 6.54 Å². The van der Waals surface area contributed by atoms with Gasteiger partial charge in [-0.2, -0.15) is 0 Å². The number of hydrogen-bond acceptors (Lipinski definition) is 3. The number of nitrogens with one attached hydrogen (secondary N) is 1. The number of carbonyl (C=O) groups excluding carboxylic acids is 2. The molecule has 1 aromatic carbocycles. The van der Waals surface area contributed by atoms with Crippen LogP contribution in [-0.4, -0.2) is 38.3 Å². The lowest BCUT2D eigenvalue weighted by Gasteiger charge is -2.34. The molecule has 6 nitrogen and oxygen atoms in total. The van der Waals surface area contributed by atoms with Gasteiger partial charge in [-0.1, -0.05) is 24.3 Å². The molecule has 126 valence electrons. The van der Waals surface area contributed by atoms with Crippen LogP contribution in [0.3, 0.4) is 0 Å². The van der Waals surface area contributed by atoms with E-state index in [0.29, 0.717) is 19.5 Å². The molecule has 0 atom stereocenters. The Balaban J connectivity index is 1.53. The summed E-state index contributed by atoms with van der Waals surface area (Å²) in [5, 5.41) is 1.07. The van der Waals surface area contributed by atoms with Crippen molar-refractivity contribution >= 4 is 22.8 Å². The van der Waals surface area contributed by atoms with Gasteiger partial charge < -0.3 is 9.88 Å². The number of aromatic nitrogens is 2. The van der Waals surface area contributed by atoms with Crippen molar-refractivity contribution in [1.29, 1.82) is 0 Å². The lowest BCUT2D eigenvalue weighted by atomic mass is 10.2. The summed E-state index contributed by atoms with van der Waals surface area (Å²) in [7, 11) is 0. The van der Waals surface area contributed by atoms with Gasteiger partial charge in [0.25, 0.3) is 0 Å². The molecule has 0 radical (unpaired) electrons. The number of imide groups is 1. The molecule has 25 heavy (non-hydrogen) atoms. The zero-order valence-electron chi connectivity index (χ0n) is 13.7. The number of hydrogen-bond donors (Lipinski definition) is 1. The summed E-state index contributed by atoms with van der Waals surface area (Å²) < 4.78 is 0. The number of carbonyl (C=O) groups is 2. The van der Waals surface area contributed by atoms with E-state index in [-0.39, 0.29) is 18.5 Å². The minimum atomic E-state index is -0.251. The van der Waals surface area contributed by atoms with Gasteiger partial charge in [-0.15, -0.1) is 0 Å². The maximum absolute atomic E-state index is 12.8. The molecule has 6 heteroatoms. The molecule has 1 aliphatic heterocycles. The topological polar surface area (TPSA) is 69.3 Å². The van der Waals surface area contributed by atoms with Crippen LogP contribution in [0, 0.1) is 0 Å². The normalized spacial score (nSPS) is 15.2. The molecule has 0 saturated carbocycles. The van der Waals surface area contributed by atoms with Crippen molar-refractivity contribution in [3.63, 3.8) is 0 Å². The molecule has 1 N–H and O–H groups in total. The Morgan fingerprint density at radius 2 is 1.96 bits per heavy atom. The third-order valence-electron chi connectivity index (χ3n) is 4.41. The van der Waals surface area contributed by atoms with Crippen molar-refractivity contribution < 1.29 is 9.59 Å². The van der Waals surface area contributed by atoms with E-state index in [9.17, 15) is 9.59 Å². The van der Waals surface area contributed by atoms with Gasteiger partial charge in [0.1, 0.15) is 0 Å². The third kappa shape index (κ3) is 3.10. The molecule has 1 aliphatic rings. The Labute approximate surface area is 145 Å². The van der Waals surface area contributed by atoms with Crippen LogP contribution in [0.5, 0.6) is 0 Å². The van der Waals surface area contributed by atoms with Crippen molar-refractivity contribution in [2.45, 2.75) is 19.5 Å². The fourth-order valence-corrected chi connectivity index (χ4v) is 3.14. The number of urea groups is 1. The Kier molecular flexibility index (Phi) is 3.93. The number of rotatable bonds is 4. The van der Waals surface area contributed by atoms with E-state index in [1.165, 1.54) is 4.90 Å². The van der Waals surface area contributed by atoms with Crippen LogP contribution in [0.2, 0.25) is 0 Å².